The summed E-state index contributed by atoms with van der Waals surface area (Å²) < 4.78 is -1.02. The van der Waals surface area contributed by atoms with Gasteiger partial charge in [0.25, 0.3) is 0 Å². The molecule has 1 rings (SSSR count). The number of carbonyl (C=O) groups is 1. The Kier molecular flexibility index (Phi) is 2.47. The Hall–Kier alpha value is -0.900. The standard InChI is InChI=1S/C8H8BrNO2/c1-8(9,7(11)12)6-2-4-10-5-3-6/h2-5H,1H3,(H,11,12). The summed E-state index contributed by atoms with van der Waals surface area (Å²) in [7, 11) is 0. The number of carboxylic acid groups (broad SMARTS) is 1. The van der Waals surface area contributed by atoms with Gasteiger partial charge < -0.3 is 5.11 Å². The lowest BCUT2D eigenvalue weighted by Gasteiger charge is -2.16. The predicted octanol–water partition coefficient (Wildman–Crippen LogP) is 1.78. The Morgan fingerprint density at radius 1 is 1.58 bits per heavy atom. The van der Waals surface area contributed by atoms with Crippen LogP contribution >= 0.6 is 15.9 Å². The van der Waals surface area contributed by atoms with Crippen LogP contribution in [0.25, 0.3) is 0 Å². The molecule has 0 aliphatic carbocycles. The zero-order valence-electron chi connectivity index (χ0n) is 6.49. The van der Waals surface area contributed by atoms with E-state index in [2.05, 4.69) is 20.9 Å². The fourth-order valence-corrected chi connectivity index (χ4v) is 1.05. The zero-order valence-corrected chi connectivity index (χ0v) is 8.08. The van der Waals surface area contributed by atoms with Gasteiger partial charge in [0.15, 0.2) is 0 Å². The molecular weight excluding hydrogens is 222 g/mol. The number of aromatic nitrogens is 1. The molecule has 1 aromatic heterocycles. The van der Waals surface area contributed by atoms with Gasteiger partial charge in [-0.25, -0.2) is 0 Å². The number of carboxylic acids is 1. The van der Waals surface area contributed by atoms with E-state index in [9.17, 15) is 4.79 Å². The van der Waals surface area contributed by atoms with Crippen molar-refractivity contribution in [1.29, 1.82) is 0 Å². The molecule has 3 nitrogen and oxygen atoms in total. The zero-order chi connectivity index (χ0) is 9.19. The van der Waals surface area contributed by atoms with Gasteiger partial charge in [0.05, 0.1) is 0 Å². The second-order valence-electron chi connectivity index (χ2n) is 2.54. The molecule has 0 aliphatic heterocycles. The first kappa shape index (κ1) is 9.19. The SMILES string of the molecule is CC(Br)(C(=O)O)c1ccncc1. The fraction of sp³-hybridized carbons (Fsp3) is 0.250. The first-order chi connectivity index (χ1) is 5.55. The average Bonchev–Trinajstić information content (AvgIpc) is 2.06. The van der Waals surface area contributed by atoms with Crippen molar-refractivity contribution in [3.8, 4) is 0 Å². The summed E-state index contributed by atoms with van der Waals surface area (Å²) in [6.07, 6.45) is 3.13. The van der Waals surface area contributed by atoms with E-state index in [-0.39, 0.29) is 0 Å². The summed E-state index contributed by atoms with van der Waals surface area (Å²) in [6, 6.07) is 3.34. The van der Waals surface area contributed by atoms with Gasteiger partial charge in [-0.2, -0.15) is 0 Å². The first-order valence-corrected chi connectivity index (χ1v) is 4.17. The third kappa shape index (κ3) is 1.64. The summed E-state index contributed by atoms with van der Waals surface area (Å²) in [5.41, 5.74) is 0.685. The van der Waals surface area contributed by atoms with Crippen molar-refractivity contribution in [2.45, 2.75) is 11.2 Å². The second kappa shape index (κ2) is 3.23. The topological polar surface area (TPSA) is 50.2 Å². The van der Waals surface area contributed by atoms with Gasteiger partial charge in [-0.3, -0.25) is 9.78 Å². The number of hydrogen-bond acceptors (Lipinski definition) is 2. The molecule has 12 heavy (non-hydrogen) atoms. The molecule has 1 aromatic rings. The van der Waals surface area contributed by atoms with Crippen LogP contribution in [0.5, 0.6) is 0 Å². The van der Waals surface area contributed by atoms with Crippen molar-refractivity contribution in [3.05, 3.63) is 30.1 Å². The van der Waals surface area contributed by atoms with Crippen molar-refractivity contribution in [1.82, 2.24) is 4.98 Å². The number of nitrogens with zero attached hydrogens (tertiary/aromatic N) is 1. The Labute approximate surface area is 78.6 Å². The van der Waals surface area contributed by atoms with Crippen LogP contribution in [0.3, 0.4) is 0 Å². The van der Waals surface area contributed by atoms with E-state index in [0.29, 0.717) is 5.56 Å². The summed E-state index contributed by atoms with van der Waals surface area (Å²) >= 11 is 3.13. The van der Waals surface area contributed by atoms with Gasteiger partial charge in [0.1, 0.15) is 4.32 Å². The molecular formula is C8H8BrNO2. The minimum Gasteiger partial charge on any atom is -0.480 e. The summed E-state index contributed by atoms with van der Waals surface area (Å²) in [6.45, 7) is 1.59. The van der Waals surface area contributed by atoms with Crippen molar-refractivity contribution in [3.63, 3.8) is 0 Å². The minimum atomic E-state index is -1.02. The number of hydrogen-bond donors (Lipinski definition) is 1. The maximum Gasteiger partial charge on any atom is 0.324 e. The van der Waals surface area contributed by atoms with Gasteiger partial charge in [-0.1, -0.05) is 15.9 Å². The monoisotopic (exact) mass is 229 g/mol. The third-order valence-electron chi connectivity index (χ3n) is 1.62. The molecule has 0 saturated heterocycles. The van der Waals surface area contributed by atoms with Gasteiger partial charge >= 0.3 is 5.97 Å². The van der Waals surface area contributed by atoms with Crippen molar-refractivity contribution in [2.75, 3.05) is 0 Å². The molecule has 1 N–H and O–H groups in total. The highest BCUT2D eigenvalue weighted by atomic mass is 79.9. The molecule has 0 bridgehead atoms. The average molecular weight is 230 g/mol. The van der Waals surface area contributed by atoms with Crippen LogP contribution in [-0.2, 0) is 9.12 Å². The minimum absolute atomic E-state index is 0.685. The lowest BCUT2D eigenvalue weighted by Crippen LogP contribution is -2.24. The maximum atomic E-state index is 10.8. The molecule has 0 saturated carbocycles. The van der Waals surface area contributed by atoms with Crippen LogP contribution in [0.15, 0.2) is 24.5 Å². The Morgan fingerprint density at radius 3 is 2.50 bits per heavy atom. The van der Waals surface area contributed by atoms with Crippen LogP contribution in [0, 0.1) is 0 Å². The van der Waals surface area contributed by atoms with Crippen LogP contribution in [0.2, 0.25) is 0 Å². The number of rotatable bonds is 2. The molecule has 0 aromatic carbocycles. The molecule has 0 amide bonds. The third-order valence-corrected chi connectivity index (χ3v) is 2.42. The van der Waals surface area contributed by atoms with E-state index in [1.165, 1.54) is 0 Å². The smallest absolute Gasteiger partial charge is 0.324 e. The summed E-state index contributed by atoms with van der Waals surface area (Å²) in [5.74, 6) is -0.909. The number of pyridine rings is 1. The van der Waals surface area contributed by atoms with Gasteiger partial charge in [-0.05, 0) is 24.6 Å². The molecule has 64 valence electrons. The molecule has 1 heterocycles. The maximum absolute atomic E-state index is 10.8. The molecule has 0 fully saturated rings. The largest absolute Gasteiger partial charge is 0.480 e. The molecule has 1 atom stereocenters. The van der Waals surface area contributed by atoms with E-state index in [1.807, 2.05) is 0 Å². The van der Waals surface area contributed by atoms with Gasteiger partial charge in [0, 0.05) is 12.4 Å². The molecule has 0 spiro atoms. The quantitative estimate of drug-likeness (QED) is 0.787. The van der Waals surface area contributed by atoms with E-state index < -0.39 is 10.3 Å². The van der Waals surface area contributed by atoms with Crippen LogP contribution in [0.4, 0.5) is 0 Å². The van der Waals surface area contributed by atoms with E-state index in [1.54, 1.807) is 31.5 Å². The first-order valence-electron chi connectivity index (χ1n) is 3.38. The normalized spacial score (nSPS) is 15.2. The molecule has 1 unspecified atom stereocenters. The lowest BCUT2D eigenvalue weighted by molar-refractivity contribution is -0.139. The van der Waals surface area contributed by atoms with Crippen molar-refractivity contribution in [2.24, 2.45) is 0 Å². The fourth-order valence-electron chi connectivity index (χ4n) is 0.788. The van der Waals surface area contributed by atoms with Crippen LogP contribution in [0.1, 0.15) is 12.5 Å². The number of alkyl halides is 1. The number of halogens is 1. The molecule has 0 aliphatic rings. The van der Waals surface area contributed by atoms with E-state index >= 15 is 0 Å². The van der Waals surface area contributed by atoms with E-state index in [4.69, 9.17) is 5.11 Å². The number of aliphatic carboxylic acids is 1. The Bertz CT molecular complexity index is 284. The van der Waals surface area contributed by atoms with Gasteiger partial charge in [0.2, 0.25) is 0 Å². The second-order valence-corrected chi connectivity index (χ2v) is 4.13. The van der Waals surface area contributed by atoms with Crippen molar-refractivity contribution < 1.29 is 9.90 Å². The lowest BCUT2D eigenvalue weighted by atomic mass is 10.0. The Morgan fingerprint density at radius 2 is 2.08 bits per heavy atom. The summed E-state index contributed by atoms with van der Waals surface area (Å²) in [4.78, 5) is 14.6. The summed E-state index contributed by atoms with van der Waals surface area (Å²) in [5, 5.41) is 8.83. The van der Waals surface area contributed by atoms with E-state index in [0.717, 1.165) is 0 Å². The molecule has 0 radical (unpaired) electrons. The van der Waals surface area contributed by atoms with Crippen molar-refractivity contribution >= 4 is 21.9 Å². The Balaban J connectivity index is 3.06. The van der Waals surface area contributed by atoms with Crippen LogP contribution < -0.4 is 0 Å². The van der Waals surface area contributed by atoms with Gasteiger partial charge in [-0.15, -0.1) is 0 Å². The van der Waals surface area contributed by atoms with Crippen LogP contribution in [-0.4, -0.2) is 16.1 Å². The molecule has 4 heteroatoms. The highest BCUT2D eigenvalue weighted by Crippen LogP contribution is 2.30. The predicted molar refractivity (Wildman–Crippen MR) is 48.2 cm³/mol. The highest BCUT2D eigenvalue weighted by molar-refractivity contribution is 9.10. The highest BCUT2D eigenvalue weighted by Gasteiger charge is 2.31.